The van der Waals surface area contributed by atoms with Gasteiger partial charge in [0, 0.05) is 16.7 Å². The number of hydrogen-bond acceptors (Lipinski definition) is 10. The Morgan fingerprint density at radius 1 is 0.838 bits per heavy atom. The molecule has 0 spiro atoms. The number of esters is 1. The van der Waals surface area contributed by atoms with Gasteiger partial charge < -0.3 is 23.0 Å². The fourth-order valence-corrected chi connectivity index (χ4v) is 3.45. The maximum atomic E-state index is 14.6. The number of fused-ring (bicyclic) bond motifs is 2. The molecule has 12 heteroatoms. The van der Waals surface area contributed by atoms with Crippen LogP contribution in [0.15, 0.2) is 67.0 Å². The molecule has 0 N–H and O–H groups in total. The second-order valence-electron chi connectivity index (χ2n) is 7.51. The standard InChI is InChI=1S/C25H18F2O10/c1-2-32-24(30)20-9-14(28)22-16(5-3-7-18(22)35-20)33-11-13(26)12-34-17-6-4-8-19-23(17)15(29)10-21(36-19)25(31)37-27/h3-10,13H,2,11-12H2,1H3. The second-order valence-corrected chi connectivity index (χ2v) is 7.51. The average molecular weight is 516 g/mol. The Morgan fingerprint density at radius 3 is 1.78 bits per heavy atom. The number of rotatable bonds is 9. The van der Waals surface area contributed by atoms with Crippen LogP contribution in [-0.4, -0.2) is 37.9 Å². The number of carbonyl (C=O) groups is 2. The van der Waals surface area contributed by atoms with Crippen molar-refractivity contribution in [3.8, 4) is 11.5 Å². The Bertz CT molecular complexity index is 1590. The Hall–Kier alpha value is -4.74. The van der Waals surface area contributed by atoms with Crippen LogP contribution in [0.4, 0.5) is 8.92 Å². The van der Waals surface area contributed by atoms with Gasteiger partial charge in [0.15, 0.2) is 17.0 Å². The first kappa shape index (κ1) is 25.4. The molecule has 37 heavy (non-hydrogen) atoms. The zero-order valence-electron chi connectivity index (χ0n) is 19.2. The van der Waals surface area contributed by atoms with Crippen LogP contribution in [0.2, 0.25) is 0 Å². The van der Waals surface area contributed by atoms with Crippen molar-refractivity contribution in [2.24, 2.45) is 0 Å². The van der Waals surface area contributed by atoms with E-state index in [2.05, 4.69) is 4.94 Å². The van der Waals surface area contributed by atoms with Gasteiger partial charge in [0.1, 0.15) is 46.7 Å². The van der Waals surface area contributed by atoms with Crippen LogP contribution in [0.25, 0.3) is 21.9 Å². The molecule has 0 aliphatic carbocycles. The van der Waals surface area contributed by atoms with Gasteiger partial charge in [-0.2, -0.15) is 0 Å². The van der Waals surface area contributed by atoms with E-state index in [0.29, 0.717) is 0 Å². The van der Waals surface area contributed by atoms with E-state index in [1.807, 2.05) is 0 Å². The zero-order chi connectivity index (χ0) is 26.5. The van der Waals surface area contributed by atoms with Crippen LogP contribution in [0.5, 0.6) is 11.5 Å². The SMILES string of the molecule is CCOC(=O)c1cc(=O)c2c(OCC(F)COc3cccc4oc(C(=O)OF)cc(=O)c34)cccc2o1. The third-order valence-electron chi connectivity index (χ3n) is 5.02. The van der Waals surface area contributed by atoms with E-state index in [0.717, 1.165) is 12.1 Å². The van der Waals surface area contributed by atoms with E-state index in [1.165, 1.54) is 36.4 Å². The molecule has 0 aliphatic heterocycles. The quantitative estimate of drug-likeness (QED) is 0.302. The summed E-state index contributed by atoms with van der Waals surface area (Å²) in [7, 11) is 0. The molecule has 4 aromatic rings. The van der Waals surface area contributed by atoms with Gasteiger partial charge in [0.2, 0.25) is 11.5 Å². The van der Waals surface area contributed by atoms with E-state index < -0.39 is 47.9 Å². The molecule has 2 aromatic carbocycles. The van der Waals surface area contributed by atoms with E-state index >= 15 is 0 Å². The van der Waals surface area contributed by atoms with Crippen molar-refractivity contribution in [3.63, 3.8) is 0 Å². The molecule has 192 valence electrons. The third-order valence-corrected chi connectivity index (χ3v) is 5.02. The summed E-state index contributed by atoms with van der Waals surface area (Å²) in [5.41, 5.74) is -1.35. The van der Waals surface area contributed by atoms with Crippen molar-refractivity contribution >= 4 is 33.9 Å². The molecular weight excluding hydrogens is 498 g/mol. The minimum Gasteiger partial charge on any atom is -0.489 e. The van der Waals surface area contributed by atoms with Crippen molar-refractivity contribution in [3.05, 3.63) is 80.5 Å². The molecule has 0 amide bonds. The summed E-state index contributed by atoms with van der Waals surface area (Å²) >= 11 is 0. The highest BCUT2D eigenvalue weighted by atomic mass is 19.3. The molecule has 0 saturated carbocycles. The summed E-state index contributed by atoms with van der Waals surface area (Å²) < 4.78 is 53.1. The molecule has 0 bridgehead atoms. The molecule has 10 nitrogen and oxygen atoms in total. The van der Waals surface area contributed by atoms with Gasteiger partial charge in [-0.05, 0) is 31.2 Å². The van der Waals surface area contributed by atoms with E-state index in [1.54, 1.807) is 6.92 Å². The van der Waals surface area contributed by atoms with Crippen molar-refractivity contribution < 1.29 is 46.5 Å². The van der Waals surface area contributed by atoms with Gasteiger partial charge in [-0.3, -0.25) is 9.59 Å². The fraction of sp³-hybridized carbons (Fsp3) is 0.200. The highest BCUT2D eigenvalue weighted by Gasteiger charge is 2.19. The molecular formula is C25H18F2O10. The number of hydrogen-bond donors (Lipinski definition) is 0. The highest BCUT2D eigenvalue weighted by Crippen LogP contribution is 2.26. The van der Waals surface area contributed by atoms with E-state index in [9.17, 15) is 28.1 Å². The minimum atomic E-state index is -1.70. The molecule has 0 saturated heterocycles. The topological polar surface area (TPSA) is 131 Å². The number of alkyl halides is 1. The molecule has 0 aliphatic rings. The number of benzene rings is 2. The molecule has 4 rings (SSSR count). The lowest BCUT2D eigenvalue weighted by molar-refractivity contribution is -0.0811. The second kappa shape index (κ2) is 10.9. The Balaban J connectivity index is 1.47. The van der Waals surface area contributed by atoms with E-state index in [-0.39, 0.29) is 45.8 Å². The third kappa shape index (κ3) is 5.42. The van der Waals surface area contributed by atoms with Crippen LogP contribution in [0.3, 0.4) is 0 Å². The van der Waals surface area contributed by atoms with Gasteiger partial charge in [0.25, 0.3) is 0 Å². The van der Waals surface area contributed by atoms with Crippen LogP contribution < -0.4 is 20.3 Å². The van der Waals surface area contributed by atoms with Gasteiger partial charge in [-0.15, -0.1) is 0 Å². The van der Waals surface area contributed by atoms with Crippen molar-refractivity contribution in [2.75, 3.05) is 19.8 Å². The van der Waals surface area contributed by atoms with Crippen molar-refractivity contribution in [1.82, 2.24) is 0 Å². The normalized spacial score (nSPS) is 11.8. The summed E-state index contributed by atoms with van der Waals surface area (Å²) in [6, 6.07) is 10.2. The van der Waals surface area contributed by atoms with Gasteiger partial charge in [0.05, 0.1) is 6.61 Å². The van der Waals surface area contributed by atoms with Crippen molar-refractivity contribution in [1.29, 1.82) is 0 Å². The monoisotopic (exact) mass is 516 g/mol. The number of ether oxygens (including phenoxy) is 3. The summed E-state index contributed by atoms with van der Waals surface area (Å²) in [4.78, 5) is 51.2. The lowest BCUT2D eigenvalue weighted by Gasteiger charge is -2.14. The maximum Gasteiger partial charge on any atom is 0.414 e. The summed E-state index contributed by atoms with van der Waals surface area (Å²) in [6.07, 6.45) is -1.70. The van der Waals surface area contributed by atoms with Crippen LogP contribution in [-0.2, 0) is 9.68 Å². The van der Waals surface area contributed by atoms with Crippen LogP contribution in [0.1, 0.15) is 28.0 Å². The predicted octanol–water partition coefficient (Wildman–Crippen LogP) is 3.91. The molecule has 0 fully saturated rings. The Labute approximate surface area is 205 Å². The Morgan fingerprint density at radius 2 is 1.32 bits per heavy atom. The first-order valence-corrected chi connectivity index (χ1v) is 10.9. The fourth-order valence-electron chi connectivity index (χ4n) is 3.45. The molecule has 0 radical (unpaired) electrons. The summed E-state index contributed by atoms with van der Waals surface area (Å²) in [5.74, 6) is -3.21. The number of carbonyl (C=O) groups excluding carboxylic acids is 2. The number of halogens is 2. The molecule has 1 unspecified atom stereocenters. The van der Waals surface area contributed by atoms with Gasteiger partial charge >= 0.3 is 11.9 Å². The van der Waals surface area contributed by atoms with Gasteiger partial charge in [-0.1, -0.05) is 12.1 Å². The van der Waals surface area contributed by atoms with E-state index in [4.69, 9.17) is 23.0 Å². The Kier molecular flexibility index (Phi) is 7.47. The lowest BCUT2D eigenvalue weighted by Crippen LogP contribution is -2.22. The van der Waals surface area contributed by atoms with Crippen LogP contribution >= 0.6 is 0 Å². The van der Waals surface area contributed by atoms with Crippen LogP contribution in [0, 0.1) is 0 Å². The molecule has 2 aromatic heterocycles. The molecule has 1 atom stereocenters. The largest absolute Gasteiger partial charge is 0.489 e. The maximum absolute atomic E-state index is 14.6. The highest BCUT2D eigenvalue weighted by molar-refractivity contribution is 5.91. The van der Waals surface area contributed by atoms with Gasteiger partial charge in [-0.25, -0.2) is 18.9 Å². The lowest BCUT2D eigenvalue weighted by atomic mass is 10.2. The minimum absolute atomic E-state index is 0.0120. The summed E-state index contributed by atoms with van der Waals surface area (Å²) in [6.45, 7) is 0.642. The van der Waals surface area contributed by atoms with Crippen molar-refractivity contribution in [2.45, 2.75) is 13.1 Å². The first-order valence-electron chi connectivity index (χ1n) is 10.9. The molecule has 2 heterocycles. The average Bonchev–Trinajstić information content (AvgIpc) is 2.89. The smallest absolute Gasteiger partial charge is 0.414 e. The first-order chi connectivity index (χ1) is 17.8. The predicted molar refractivity (Wildman–Crippen MR) is 123 cm³/mol. The summed E-state index contributed by atoms with van der Waals surface area (Å²) in [5, 5.41) is -0.0759. The zero-order valence-corrected chi connectivity index (χ0v) is 19.2.